The fourth-order valence-corrected chi connectivity index (χ4v) is 4.20. The van der Waals surface area contributed by atoms with Crippen molar-refractivity contribution in [2.24, 2.45) is 0 Å². The quantitative estimate of drug-likeness (QED) is 0.687. The lowest BCUT2D eigenvalue weighted by atomic mass is 10.3. The van der Waals surface area contributed by atoms with Crippen LogP contribution < -0.4 is 14.8 Å². The molecule has 7 nitrogen and oxygen atoms in total. The number of pyridine rings is 1. The van der Waals surface area contributed by atoms with Gasteiger partial charge in [0, 0.05) is 19.2 Å². The van der Waals surface area contributed by atoms with Gasteiger partial charge in [-0.05, 0) is 6.07 Å². The van der Waals surface area contributed by atoms with Crippen LogP contribution in [0.1, 0.15) is 0 Å². The highest BCUT2D eigenvalue weighted by atomic mass is 32.2. The first-order valence-electron chi connectivity index (χ1n) is 7.73. The van der Waals surface area contributed by atoms with Crippen molar-refractivity contribution in [3.63, 3.8) is 0 Å². The normalized spacial score (nSPS) is 22.0. The number of nitrogens with one attached hydrogen (secondary N) is 2. The van der Waals surface area contributed by atoms with E-state index in [9.17, 15) is 8.42 Å². The van der Waals surface area contributed by atoms with E-state index in [0.717, 1.165) is 32.0 Å². The molecule has 2 fully saturated rings. The molecule has 0 spiro atoms. The third kappa shape index (κ3) is 3.24. The summed E-state index contributed by atoms with van der Waals surface area (Å²) in [4.78, 5) is 7.26. The van der Waals surface area contributed by atoms with Crippen LogP contribution in [0.2, 0.25) is 0 Å². The van der Waals surface area contributed by atoms with Crippen molar-refractivity contribution in [1.82, 2.24) is 4.31 Å². The predicted octanol–water partition coefficient (Wildman–Crippen LogP) is -2.14. The van der Waals surface area contributed by atoms with Gasteiger partial charge in [0.2, 0.25) is 10.0 Å². The minimum Gasteiger partial charge on any atom is -0.379 e. The van der Waals surface area contributed by atoms with Gasteiger partial charge in [-0.25, -0.2) is 13.4 Å². The molecule has 3 rings (SSSR count). The number of nitrogens with zero attached hydrogens (tertiary/aromatic N) is 2. The van der Waals surface area contributed by atoms with Crippen LogP contribution in [0.3, 0.4) is 0 Å². The fourth-order valence-electron chi connectivity index (χ4n) is 2.82. The Morgan fingerprint density at radius 3 is 2.41 bits per heavy atom. The molecule has 0 amide bonds. The zero-order valence-electron chi connectivity index (χ0n) is 12.9. The van der Waals surface area contributed by atoms with Crippen molar-refractivity contribution in [2.45, 2.75) is 4.90 Å². The van der Waals surface area contributed by atoms with E-state index in [0.29, 0.717) is 31.2 Å². The van der Waals surface area contributed by atoms with Crippen molar-refractivity contribution in [3.8, 4) is 0 Å². The molecule has 2 saturated heterocycles. The van der Waals surface area contributed by atoms with Crippen LogP contribution in [-0.4, -0.2) is 72.3 Å². The Hall–Kier alpha value is -1.22. The average molecular weight is 328 g/mol. The van der Waals surface area contributed by atoms with Gasteiger partial charge in [0.1, 0.15) is 37.3 Å². The number of rotatable bonds is 3. The molecule has 122 valence electrons. The Labute approximate surface area is 131 Å². The summed E-state index contributed by atoms with van der Waals surface area (Å²) in [5.74, 6) is 0.980. The Bertz CT molecular complexity index is 591. The number of aromatic amines is 1. The second kappa shape index (κ2) is 6.49. The summed E-state index contributed by atoms with van der Waals surface area (Å²) >= 11 is 0. The molecule has 0 aromatic carbocycles. The van der Waals surface area contributed by atoms with Crippen LogP contribution in [0.25, 0.3) is 0 Å². The smallest absolute Gasteiger partial charge is 0.274 e. The van der Waals surface area contributed by atoms with Crippen molar-refractivity contribution >= 4 is 15.8 Å². The number of piperazine rings is 1. The van der Waals surface area contributed by atoms with E-state index in [1.807, 2.05) is 6.07 Å². The predicted molar refractivity (Wildman–Crippen MR) is 81.4 cm³/mol. The van der Waals surface area contributed by atoms with Gasteiger partial charge in [0.15, 0.2) is 0 Å². The summed E-state index contributed by atoms with van der Waals surface area (Å²) in [6.45, 7) is 5.94. The van der Waals surface area contributed by atoms with Crippen LogP contribution in [0.5, 0.6) is 0 Å². The number of aromatic nitrogens is 1. The van der Waals surface area contributed by atoms with Crippen LogP contribution in [0.4, 0.5) is 5.82 Å². The lowest BCUT2D eigenvalue weighted by molar-refractivity contribution is -0.880. The number of hydrogen-bond donors (Lipinski definition) is 1. The maximum Gasteiger partial charge on any atom is 0.274 e. The van der Waals surface area contributed by atoms with Gasteiger partial charge in [0.05, 0.1) is 20.3 Å². The molecule has 2 aliphatic heterocycles. The zero-order chi connectivity index (χ0) is 15.6. The summed E-state index contributed by atoms with van der Waals surface area (Å²) in [5, 5.41) is 0. The maximum absolute atomic E-state index is 12.6. The van der Waals surface area contributed by atoms with Gasteiger partial charge in [-0.3, -0.25) is 4.90 Å². The van der Waals surface area contributed by atoms with Crippen LogP contribution in [-0.2, 0) is 14.8 Å². The molecule has 2 aliphatic rings. The molecule has 1 aromatic rings. The molecule has 0 bridgehead atoms. The molecule has 1 aromatic heterocycles. The van der Waals surface area contributed by atoms with Crippen molar-refractivity contribution in [1.29, 1.82) is 0 Å². The monoisotopic (exact) mass is 328 g/mol. The first kappa shape index (κ1) is 15.7. The van der Waals surface area contributed by atoms with Crippen LogP contribution >= 0.6 is 0 Å². The summed E-state index contributed by atoms with van der Waals surface area (Å²) in [7, 11) is -1.23. The third-order valence-corrected chi connectivity index (χ3v) is 6.23. The third-order valence-electron chi connectivity index (χ3n) is 4.33. The zero-order valence-corrected chi connectivity index (χ0v) is 13.7. The molecule has 3 heterocycles. The maximum atomic E-state index is 12.6. The lowest BCUT2D eigenvalue weighted by Crippen LogP contribution is -3.12. The van der Waals surface area contributed by atoms with Gasteiger partial charge >= 0.3 is 0 Å². The largest absolute Gasteiger partial charge is 0.379 e. The minimum atomic E-state index is -3.42. The van der Waals surface area contributed by atoms with Crippen LogP contribution in [0.15, 0.2) is 23.2 Å². The number of ether oxygens (including phenoxy) is 1. The van der Waals surface area contributed by atoms with Crippen LogP contribution in [0, 0.1) is 0 Å². The standard InChI is InChI=1S/C14H22N4O3S/c1-16-4-6-17(7-5-16)14-3-2-13(12-15-14)22(19,20)18-8-10-21-11-9-18/h2-3,12H,4-11H2,1H3/p+2. The molecule has 0 aliphatic carbocycles. The molecule has 0 unspecified atom stereocenters. The highest BCUT2D eigenvalue weighted by Gasteiger charge is 2.28. The Morgan fingerprint density at radius 1 is 1.14 bits per heavy atom. The molecule has 22 heavy (non-hydrogen) atoms. The second-order valence-electron chi connectivity index (χ2n) is 5.87. The van der Waals surface area contributed by atoms with E-state index in [1.54, 1.807) is 12.3 Å². The topological polar surface area (TPSA) is 68.4 Å². The number of H-pyrrole nitrogens is 1. The number of quaternary nitrogens is 1. The van der Waals surface area contributed by atoms with Gasteiger partial charge in [-0.2, -0.15) is 4.31 Å². The molecule has 0 saturated carbocycles. The van der Waals surface area contributed by atoms with Crippen molar-refractivity contribution in [2.75, 3.05) is 64.4 Å². The second-order valence-corrected chi connectivity index (χ2v) is 7.81. The average Bonchev–Trinajstić information content (AvgIpc) is 2.56. The summed E-state index contributed by atoms with van der Waals surface area (Å²) < 4.78 is 31.8. The Balaban J connectivity index is 1.73. The fraction of sp³-hybridized carbons (Fsp3) is 0.643. The highest BCUT2D eigenvalue weighted by molar-refractivity contribution is 7.89. The first-order chi connectivity index (χ1) is 10.6. The number of morpholine rings is 1. The molecular formula is C14H24N4O3S+2. The van der Waals surface area contributed by atoms with E-state index in [-0.39, 0.29) is 0 Å². The molecule has 0 radical (unpaired) electrons. The van der Waals surface area contributed by atoms with Gasteiger partial charge in [-0.1, -0.05) is 0 Å². The van der Waals surface area contributed by atoms with Crippen molar-refractivity contribution in [3.05, 3.63) is 18.3 Å². The molecule has 2 N–H and O–H groups in total. The summed E-state index contributed by atoms with van der Waals surface area (Å²) in [6.07, 6.45) is 1.60. The number of anilines is 1. The minimum absolute atomic E-state index is 0.318. The molecule has 0 atom stereocenters. The van der Waals surface area contributed by atoms with Gasteiger partial charge in [0.25, 0.3) is 5.82 Å². The molecule has 8 heteroatoms. The van der Waals surface area contributed by atoms with E-state index in [1.165, 1.54) is 9.21 Å². The SMILES string of the molecule is C[NH+]1CCN(c2ccc(S(=O)(=O)N3CCOCC3)c[nH+]2)CC1. The number of hydrogen-bond acceptors (Lipinski definition) is 4. The van der Waals surface area contributed by atoms with Gasteiger partial charge < -0.3 is 9.64 Å². The van der Waals surface area contributed by atoms with E-state index >= 15 is 0 Å². The Kier molecular flexibility index (Phi) is 4.62. The first-order valence-corrected chi connectivity index (χ1v) is 9.17. The van der Waals surface area contributed by atoms with E-state index in [4.69, 9.17) is 4.74 Å². The summed E-state index contributed by atoms with van der Waals surface area (Å²) in [6, 6.07) is 3.57. The molecular weight excluding hydrogens is 304 g/mol. The van der Waals surface area contributed by atoms with Gasteiger partial charge in [-0.15, -0.1) is 0 Å². The highest BCUT2D eigenvalue weighted by Crippen LogP contribution is 2.17. The van der Waals surface area contributed by atoms with E-state index in [2.05, 4.69) is 16.9 Å². The number of sulfonamides is 1. The van der Waals surface area contributed by atoms with Crippen molar-refractivity contribution < 1.29 is 23.0 Å². The lowest BCUT2D eigenvalue weighted by Gasteiger charge is -2.26. The Morgan fingerprint density at radius 2 is 1.82 bits per heavy atom. The summed E-state index contributed by atoms with van der Waals surface area (Å²) in [5.41, 5.74) is 0. The van der Waals surface area contributed by atoms with E-state index < -0.39 is 10.0 Å². The number of likely N-dealkylation sites (N-methyl/N-ethyl adjacent to an activating group) is 1.